The highest BCUT2D eigenvalue weighted by atomic mass is 19.4. The van der Waals surface area contributed by atoms with Gasteiger partial charge in [-0.3, -0.25) is 9.36 Å². The Balaban J connectivity index is 1.61. The Morgan fingerprint density at radius 3 is 2.67 bits per heavy atom. The van der Waals surface area contributed by atoms with Gasteiger partial charge in [0.25, 0.3) is 5.92 Å². The monoisotopic (exact) mass is 435 g/mol. The number of rotatable bonds is 3. The number of pyridine rings is 1. The molecule has 1 fully saturated rings. The van der Waals surface area contributed by atoms with Gasteiger partial charge in [0, 0.05) is 31.1 Å². The molecule has 1 amide bonds. The van der Waals surface area contributed by atoms with Gasteiger partial charge in [-0.05, 0) is 12.5 Å². The number of nitrogens with zero attached hydrogens (tertiary/aromatic N) is 5. The van der Waals surface area contributed by atoms with Crippen molar-refractivity contribution in [2.24, 2.45) is 0 Å². The van der Waals surface area contributed by atoms with Gasteiger partial charge in [-0.1, -0.05) is 0 Å². The molecule has 0 saturated carbocycles. The molecule has 4 rings (SSSR count). The van der Waals surface area contributed by atoms with E-state index in [0.29, 0.717) is 0 Å². The van der Waals surface area contributed by atoms with Crippen molar-refractivity contribution in [3.8, 4) is 0 Å². The van der Waals surface area contributed by atoms with Gasteiger partial charge in [-0.15, -0.1) is 0 Å². The lowest BCUT2D eigenvalue weighted by atomic mass is 10.2. The first-order chi connectivity index (χ1) is 14.0. The first-order valence-corrected chi connectivity index (χ1v) is 9.03. The molecule has 2 aromatic heterocycles. The van der Waals surface area contributed by atoms with Gasteiger partial charge in [0.1, 0.15) is 11.9 Å². The van der Waals surface area contributed by atoms with Crippen LogP contribution in [0.4, 0.5) is 26.3 Å². The van der Waals surface area contributed by atoms with Crippen molar-refractivity contribution in [3.63, 3.8) is 0 Å². The van der Waals surface area contributed by atoms with E-state index in [1.165, 1.54) is 0 Å². The number of fused-ring (bicyclic) bond motifs is 1. The minimum atomic E-state index is -5.00. The fourth-order valence-corrected chi connectivity index (χ4v) is 3.78. The molecule has 2 aliphatic rings. The lowest BCUT2D eigenvalue weighted by Gasteiger charge is -2.20. The van der Waals surface area contributed by atoms with Crippen LogP contribution < -0.4 is 5.69 Å². The predicted molar refractivity (Wildman–Crippen MR) is 88.3 cm³/mol. The van der Waals surface area contributed by atoms with Crippen LogP contribution in [0.25, 0.3) is 0 Å². The summed E-state index contributed by atoms with van der Waals surface area (Å²) in [7, 11) is 0. The summed E-state index contributed by atoms with van der Waals surface area (Å²) in [5, 5.41) is 3.99. The maximum absolute atomic E-state index is 14.2. The summed E-state index contributed by atoms with van der Waals surface area (Å²) >= 11 is 0. The number of carbonyl (C=O) groups is 1. The second-order valence-electron chi connectivity index (χ2n) is 7.28. The lowest BCUT2D eigenvalue weighted by Crippen LogP contribution is -2.39. The highest BCUT2D eigenvalue weighted by Gasteiger charge is 2.44. The molecule has 0 aliphatic carbocycles. The van der Waals surface area contributed by atoms with Crippen molar-refractivity contribution in [2.45, 2.75) is 43.9 Å². The fourth-order valence-electron chi connectivity index (χ4n) is 3.78. The summed E-state index contributed by atoms with van der Waals surface area (Å²) in [6.07, 6.45) is -4.29. The number of amides is 1. The van der Waals surface area contributed by atoms with E-state index in [9.17, 15) is 35.9 Å². The minimum absolute atomic E-state index is 0.136. The molecule has 162 valence electrons. The molecule has 2 aromatic rings. The summed E-state index contributed by atoms with van der Waals surface area (Å²) in [6, 6.07) is -0.0284. The molecule has 30 heavy (non-hydrogen) atoms. The van der Waals surface area contributed by atoms with Crippen LogP contribution in [0, 0.1) is 5.82 Å². The van der Waals surface area contributed by atoms with E-state index in [1.807, 2.05) is 0 Å². The molecule has 7 nitrogen and oxygen atoms in total. The summed E-state index contributed by atoms with van der Waals surface area (Å²) in [5.41, 5.74) is -2.97. The molecule has 4 heterocycles. The standard InChI is InChI=1S/C17H15F6N5O2/c18-12-9(3-5-24-13(12)17(21,22)23)7-27-15(30)28-10(1-2-11(28)25-27)14(29)26-6-4-16(19,20)8-26/h3,5,10H,1-2,4,6-8H2/t10-/m1/s1. The summed E-state index contributed by atoms with van der Waals surface area (Å²) < 4.78 is 81.3. The number of hydrogen-bond donors (Lipinski definition) is 0. The summed E-state index contributed by atoms with van der Waals surface area (Å²) in [6.45, 7) is -1.47. The molecule has 0 radical (unpaired) electrons. The van der Waals surface area contributed by atoms with Crippen LogP contribution in [0.2, 0.25) is 0 Å². The Morgan fingerprint density at radius 2 is 2.03 bits per heavy atom. The first kappa shape index (κ1) is 20.4. The van der Waals surface area contributed by atoms with E-state index in [2.05, 4.69) is 10.1 Å². The second-order valence-corrected chi connectivity index (χ2v) is 7.28. The highest BCUT2D eigenvalue weighted by Crippen LogP contribution is 2.32. The van der Waals surface area contributed by atoms with Gasteiger partial charge >= 0.3 is 11.9 Å². The van der Waals surface area contributed by atoms with Gasteiger partial charge < -0.3 is 4.90 Å². The molecular weight excluding hydrogens is 420 g/mol. The van der Waals surface area contributed by atoms with Crippen molar-refractivity contribution in [1.82, 2.24) is 24.2 Å². The van der Waals surface area contributed by atoms with Crippen LogP contribution in [0.1, 0.15) is 36.0 Å². The van der Waals surface area contributed by atoms with Gasteiger partial charge in [0.05, 0.1) is 13.1 Å². The Bertz CT molecular complexity index is 1060. The van der Waals surface area contributed by atoms with Gasteiger partial charge in [-0.2, -0.15) is 18.3 Å². The van der Waals surface area contributed by atoms with E-state index < -0.39 is 66.3 Å². The van der Waals surface area contributed by atoms with Gasteiger partial charge in [0.15, 0.2) is 11.5 Å². The highest BCUT2D eigenvalue weighted by molar-refractivity contribution is 5.81. The molecule has 0 bridgehead atoms. The van der Waals surface area contributed by atoms with Crippen molar-refractivity contribution in [3.05, 3.63) is 45.6 Å². The summed E-state index contributed by atoms with van der Waals surface area (Å²) in [4.78, 5) is 29.3. The maximum Gasteiger partial charge on any atom is 0.436 e. The normalized spacial score (nSPS) is 20.6. The number of likely N-dealkylation sites (tertiary alicyclic amines) is 1. The molecule has 0 unspecified atom stereocenters. The third-order valence-electron chi connectivity index (χ3n) is 5.22. The van der Waals surface area contributed by atoms with Crippen molar-refractivity contribution in [1.29, 1.82) is 0 Å². The molecule has 1 saturated heterocycles. The number of aromatic nitrogens is 4. The maximum atomic E-state index is 14.2. The van der Waals surface area contributed by atoms with Crippen LogP contribution in [0.5, 0.6) is 0 Å². The van der Waals surface area contributed by atoms with Crippen molar-refractivity contribution < 1.29 is 31.1 Å². The van der Waals surface area contributed by atoms with E-state index in [-0.39, 0.29) is 25.2 Å². The average molecular weight is 435 g/mol. The quantitative estimate of drug-likeness (QED) is 0.692. The predicted octanol–water partition coefficient (Wildman–Crippen LogP) is 2.00. The number of hydrogen-bond acceptors (Lipinski definition) is 4. The van der Waals surface area contributed by atoms with E-state index in [4.69, 9.17) is 0 Å². The van der Waals surface area contributed by atoms with E-state index in [0.717, 1.165) is 26.4 Å². The third-order valence-corrected chi connectivity index (χ3v) is 5.22. The summed E-state index contributed by atoms with van der Waals surface area (Å²) in [5.74, 6) is -5.05. The molecule has 13 heteroatoms. The van der Waals surface area contributed by atoms with Crippen LogP contribution in [0.3, 0.4) is 0 Å². The van der Waals surface area contributed by atoms with E-state index in [1.54, 1.807) is 0 Å². The Labute approximate surface area is 164 Å². The van der Waals surface area contributed by atoms with Gasteiger partial charge in [0.2, 0.25) is 5.91 Å². The Kier molecular flexibility index (Phi) is 4.66. The Hall–Kier alpha value is -2.86. The molecule has 1 atom stereocenters. The lowest BCUT2D eigenvalue weighted by molar-refractivity contribution is -0.143. The molecule has 0 aromatic carbocycles. The number of aryl methyl sites for hydroxylation is 1. The van der Waals surface area contributed by atoms with Crippen molar-refractivity contribution >= 4 is 5.91 Å². The first-order valence-electron chi connectivity index (χ1n) is 9.03. The zero-order chi connectivity index (χ0) is 21.8. The molecular formula is C17H15F6N5O2. The van der Waals surface area contributed by atoms with Crippen LogP contribution in [-0.2, 0) is 23.9 Å². The Morgan fingerprint density at radius 1 is 1.30 bits per heavy atom. The zero-order valence-electron chi connectivity index (χ0n) is 15.3. The largest absolute Gasteiger partial charge is 0.436 e. The zero-order valence-corrected chi connectivity index (χ0v) is 15.3. The number of carbonyl (C=O) groups excluding carboxylic acids is 1. The third kappa shape index (κ3) is 3.45. The topological polar surface area (TPSA) is 73.0 Å². The van der Waals surface area contributed by atoms with Crippen LogP contribution in [0.15, 0.2) is 17.1 Å². The molecule has 0 spiro atoms. The van der Waals surface area contributed by atoms with Gasteiger partial charge in [-0.25, -0.2) is 27.6 Å². The van der Waals surface area contributed by atoms with Crippen molar-refractivity contribution in [2.75, 3.05) is 13.1 Å². The van der Waals surface area contributed by atoms with Crippen LogP contribution in [-0.4, -0.2) is 49.2 Å². The molecule has 2 aliphatic heterocycles. The molecule has 0 N–H and O–H groups in total. The SMILES string of the molecule is O=C([C@H]1CCc2nn(Cc3ccnc(C(F)(F)F)c3F)c(=O)n21)N1CCC(F)(F)C1. The van der Waals surface area contributed by atoms with Crippen LogP contribution >= 0.6 is 0 Å². The smallest absolute Gasteiger partial charge is 0.335 e. The number of alkyl halides is 5. The fraction of sp³-hybridized carbons (Fsp3) is 0.529. The van der Waals surface area contributed by atoms with E-state index >= 15 is 0 Å². The average Bonchev–Trinajstić information content (AvgIpc) is 3.31. The number of halogens is 6. The second kappa shape index (κ2) is 6.84. The minimum Gasteiger partial charge on any atom is -0.335 e.